The number of fused-ring (bicyclic) bond motifs is 1. The highest BCUT2D eigenvalue weighted by atomic mass is 16.2. The van der Waals surface area contributed by atoms with Crippen molar-refractivity contribution in [3.63, 3.8) is 0 Å². The standard InChI is InChI=1S/C25H27N5O/c1-2-23-20(16-26-30(23)17-18-8-4-3-5-9-18)25(31)29-14-12-19(13-15-29)24-27-21-10-6-7-11-22(21)28-24/h3-11,16,19H,2,12-15,17H2,1H3,(H,27,28). The van der Waals surface area contributed by atoms with Gasteiger partial charge in [-0.25, -0.2) is 4.98 Å². The van der Waals surface area contributed by atoms with Crippen LogP contribution in [0.4, 0.5) is 0 Å². The number of nitrogens with one attached hydrogen (secondary N) is 1. The summed E-state index contributed by atoms with van der Waals surface area (Å²) in [6, 6.07) is 18.4. The maximum Gasteiger partial charge on any atom is 0.257 e. The number of para-hydroxylation sites is 2. The second-order valence-corrected chi connectivity index (χ2v) is 8.21. The van der Waals surface area contributed by atoms with Crippen molar-refractivity contribution < 1.29 is 4.79 Å². The lowest BCUT2D eigenvalue weighted by atomic mass is 9.95. The second-order valence-electron chi connectivity index (χ2n) is 8.21. The van der Waals surface area contributed by atoms with E-state index in [0.29, 0.717) is 12.5 Å². The summed E-state index contributed by atoms with van der Waals surface area (Å²) in [7, 11) is 0. The number of hydrogen-bond donors (Lipinski definition) is 1. The van der Waals surface area contributed by atoms with Crippen LogP contribution in [0.2, 0.25) is 0 Å². The van der Waals surface area contributed by atoms with E-state index in [1.807, 2.05) is 46.0 Å². The molecule has 1 N–H and O–H groups in total. The Bertz CT molecular complexity index is 1150. The molecular weight excluding hydrogens is 386 g/mol. The lowest BCUT2D eigenvalue weighted by molar-refractivity contribution is 0.0710. The normalized spacial score (nSPS) is 14.9. The zero-order chi connectivity index (χ0) is 21.2. The van der Waals surface area contributed by atoms with Crippen LogP contribution in [0, 0.1) is 0 Å². The van der Waals surface area contributed by atoms with Crippen LogP contribution < -0.4 is 0 Å². The van der Waals surface area contributed by atoms with E-state index in [4.69, 9.17) is 4.98 Å². The van der Waals surface area contributed by atoms with Gasteiger partial charge < -0.3 is 9.88 Å². The first-order valence-corrected chi connectivity index (χ1v) is 11.1. The van der Waals surface area contributed by atoms with Gasteiger partial charge in [-0.05, 0) is 37.0 Å². The van der Waals surface area contributed by atoms with Crippen molar-refractivity contribution in [3.8, 4) is 0 Å². The monoisotopic (exact) mass is 413 g/mol. The van der Waals surface area contributed by atoms with Gasteiger partial charge >= 0.3 is 0 Å². The molecule has 1 aliphatic heterocycles. The zero-order valence-corrected chi connectivity index (χ0v) is 17.8. The minimum absolute atomic E-state index is 0.0965. The first-order chi connectivity index (χ1) is 15.2. The van der Waals surface area contributed by atoms with Gasteiger partial charge in [0.2, 0.25) is 0 Å². The molecule has 0 aliphatic carbocycles. The number of likely N-dealkylation sites (tertiary alicyclic amines) is 1. The first-order valence-electron chi connectivity index (χ1n) is 11.1. The first kappa shape index (κ1) is 19.5. The Balaban J connectivity index is 1.28. The smallest absolute Gasteiger partial charge is 0.257 e. The molecule has 2 aromatic heterocycles. The topological polar surface area (TPSA) is 66.8 Å². The summed E-state index contributed by atoms with van der Waals surface area (Å²) in [5, 5.41) is 4.54. The minimum atomic E-state index is 0.0965. The molecule has 31 heavy (non-hydrogen) atoms. The molecule has 0 unspecified atom stereocenters. The quantitative estimate of drug-likeness (QED) is 0.528. The summed E-state index contributed by atoms with van der Waals surface area (Å²) in [4.78, 5) is 23.5. The van der Waals surface area contributed by atoms with Crippen molar-refractivity contribution in [1.29, 1.82) is 0 Å². The molecule has 0 saturated carbocycles. The van der Waals surface area contributed by atoms with Gasteiger partial charge in [0.1, 0.15) is 5.82 Å². The van der Waals surface area contributed by atoms with E-state index in [1.54, 1.807) is 6.20 Å². The Morgan fingerprint density at radius 3 is 2.55 bits per heavy atom. The number of amides is 1. The maximum atomic E-state index is 13.3. The van der Waals surface area contributed by atoms with Gasteiger partial charge in [-0.15, -0.1) is 0 Å². The van der Waals surface area contributed by atoms with Gasteiger partial charge in [-0.3, -0.25) is 9.48 Å². The van der Waals surface area contributed by atoms with Crippen LogP contribution in [0.5, 0.6) is 0 Å². The summed E-state index contributed by atoms with van der Waals surface area (Å²) >= 11 is 0. The molecule has 0 spiro atoms. The fourth-order valence-corrected chi connectivity index (χ4v) is 4.55. The summed E-state index contributed by atoms with van der Waals surface area (Å²) in [5.41, 5.74) is 5.02. The van der Waals surface area contributed by atoms with E-state index in [2.05, 4.69) is 35.2 Å². The van der Waals surface area contributed by atoms with Gasteiger partial charge in [0.05, 0.1) is 35.0 Å². The van der Waals surface area contributed by atoms with Crippen LogP contribution >= 0.6 is 0 Å². The van der Waals surface area contributed by atoms with E-state index in [1.165, 1.54) is 5.56 Å². The number of rotatable bonds is 5. The highest BCUT2D eigenvalue weighted by Crippen LogP contribution is 2.29. The Morgan fingerprint density at radius 2 is 1.81 bits per heavy atom. The lowest BCUT2D eigenvalue weighted by Crippen LogP contribution is -2.38. The largest absolute Gasteiger partial charge is 0.342 e. The van der Waals surface area contributed by atoms with Crippen molar-refractivity contribution in [2.45, 2.75) is 38.6 Å². The average Bonchev–Trinajstić information content (AvgIpc) is 3.43. The molecule has 2 aromatic carbocycles. The maximum absolute atomic E-state index is 13.3. The molecule has 1 aliphatic rings. The van der Waals surface area contributed by atoms with E-state index in [9.17, 15) is 4.79 Å². The van der Waals surface area contributed by atoms with Gasteiger partial charge in [0.15, 0.2) is 0 Å². The van der Waals surface area contributed by atoms with E-state index in [-0.39, 0.29) is 5.91 Å². The fourth-order valence-electron chi connectivity index (χ4n) is 4.55. The summed E-state index contributed by atoms with van der Waals surface area (Å²) < 4.78 is 1.96. The summed E-state index contributed by atoms with van der Waals surface area (Å²) in [6.07, 6.45) is 4.37. The summed E-state index contributed by atoms with van der Waals surface area (Å²) in [6.45, 7) is 4.26. The molecule has 1 fully saturated rings. The molecule has 1 saturated heterocycles. The lowest BCUT2D eigenvalue weighted by Gasteiger charge is -2.31. The number of piperidine rings is 1. The van der Waals surface area contributed by atoms with Gasteiger partial charge in [-0.2, -0.15) is 5.10 Å². The number of aromatic amines is 1. The Hall–Kier alpha value is -3.41. The third-order valence-electron chi connectivity index (χ3n) is 6.27. The van der Waals surface area contributed by atoms with Crippen LogP contribution in [0.15, 0.2) is 60.8 Å². The van der Waals surface area contributed by atoms with Crippen LogP contribution in [0.3, 0.4) is 0 Å². The van der Waals surface area contributed by atoms with Crippen molar-refractivity contribution in [3.05, 3.63) is 83.4 Å². The second kappa shape index (κ2) is 8.38. The van der Waals surface area contributed by atoms with Crippen molar-refractivity contribution in [2.75, 3.05) is 13.1 Å². The van der Waals surface area contributed by atoms with Crippen molar-refractivity contribution in [2.24, 2.45) is 0 Å². The molecule has 0 atom stereocenters. The average molecular weight is 414 g/mol. The number of imidazole rings is 1. The van der Waals surface area contributed by atoms with Crippen LogP contribution in [0.25, 0.3) is 11.0 Å². The third-order valence-corrected chi connectivity index (χ3v) is 6.27. The number of hydrogen-bond acceptors (Lipinski definition) is 3. The summed E-state index contributed by atoms with van der Waals surface area (Å²) in [5.74, 6) is 1.50. The molecule has 5 rings (SSSR count). The number of carbonyl (C=O) groups excluding carboxylic acids is 1. The molecule has 6 nitrogen and oxygen atoms in total. The highest BCUT2D eigenvalue weighted by molar-refractivity contribution is 5.95. The van der Waals surface area contributed by atoms with E-state index in [0.717, 1.165) is 60.5 Å². The molecule has 1 amide bonds. The number of aromatic nitrogens is 4. The predicted molar refractivity (Wildman–Crippen MR) is 121 cm³/mol. The van der Waals surface area contributed by atoms with Gasteiger partial charge in [0.25, 0.3) is 5.91 Å². The molecule has 4 aromatic rings. The fraction of sp³-hybridized carbons (Fsp3) is 0.320. The predicted octanol–water partition coefficient (Wildman–Crippen LogP) is 4.39. The van der Waals surface area contributed by atoms with Gasteiger partial charge in [-0.1, -0.05) is 49.4 Å². The Kier molecular flexibility index (Phi) is 5.28. The number of benzene rings is 2. The number of carbonyl (C=O) groups is 1. The van der Waals surface area contributed by atoms with Crippen LogP contribution in [-0.2, 0) is 13.0 Å². The molecule has 0 radical (unpaired) electrons. The molecule has 6 heteroatoms. The van der Waals surface area contributed by atoms with Crippen LogP contribution in [-0.4, -0.2) is 43.6 Å². The van der Waals surface area contributed by atoms with Crippen molar-refractivity contribution >= 4 is 16.9 Å². The zero-order valence-electron chi connectivity index (χ0n) is 17.8. The highest BCUT2D eigenvalue weighted by Gasteiger charge is 2.28. The number of nitrogens with zero attached hydrogens (tertiary/aromatic N) is 4. The van der Waals surface area contributed by atoms with Crippen LogP contribution in [0.1, 0.15) is 53.1 Å². The van der Waals surface area contributed by atoms with Gasteiger partial charge in [0, 0.05) is 19.0 Å². The van der Waals surface area contributed by atoms with E-state index >= 15 is 0 Å². The SMILES string of the molecule is CCc1c(C(=O)N2CCC(c3nc4ccccc4[nH]3)CC2)cnn1Cc1ccccc1. The van der Waals surface area contributed by atoms with E-state index < -0.39 is 0 Å². The molecule has 0 bridgehead atoms. The molecule has 158 valence electrons. The molecular formula is C25H27N5O. The Morgan fingerprint density at radius 1 is 1.06 bits per heavy atom. The number of H-pyrrole nitrogens is 1. The Labute approximate surface area is 181 Å². The minimum Gasteiger partial charge on any atom is -0.342 e. The van der Waals surface area contributed by atoms with Crippen molar-refractivity contribution in [1.82, 2.24) is 24.6 Å². The third kappa shape index (κ3) is 3.85. The molecule has 3 heterocycles.